The Hall–Kier alpha value is -3.54. The van der Waals surface area contributed by atoms with Crippen LogP contribution >= 0.6 is 0 Å². The molecule has 0 aliphatic rings. The molecule has 0 saturated carbocycles. The number of ketones is 3. The summed E-state index contributed by atoms with van der Waals surface area (Å²) in [5.41, 5.74) is 2.11. The fraction of sp³-hybridized carbons (Fsp3) is 0.364. The number of carbonyl (C=O) groups excluding carboxylic acids is 3. The second-order valence-corrected chi connectivity index (χ2v) is 10.2. The summed E-state index contributed by atoms with van der Waals surface area (Å²) in [5, 5.41) is 0. The van der Waals surface area contributed by atoms with Gasteiger partial charge in [-0.25, -0.2) is 13.2 Å². The van der Waals surface area contributed by atoms with Crippen LogP contribution < -0.4 is 0 Å². The van der Waals surface area contributed by atoms with E-state index in [0.717, 1.165) is 11.1 Å². The van der Waals surface area contributed by atoms with Crippen LogP contribution in [-0.2, 0) is 33.6 Å². The van der Waals surface area contributed by atoms with E-state index in [2.05, 4.69) is 0 Å². The third-order valence-electron chi connectivity index (χ3n) is 5.81. The lowest BCUT2D eigenvalue weighted by atomic mass is 10.0. The van der Waals surface area contributed by atoms with E-state index in [0.29, 0.717) is 18.4 Å². The van der Waals surface area contributed by atoms with Gasteiger partial charge in [0.2, 0.25) is 0 Å². The van der Waals surface area contributed by atoms with Crippen LogP contribution in [0.1, 0.15) is 58.2 Å². The van der Waals surface area contributed by atoms with Crippen LogP contribution in [0.4, 0.5) is 13.2 Å². The number of hydrogen-bond acceptors (Lipinski definition) is 3. The van der Waals surface area contributed by atoms with E-state index in [-0.39, 0.29) is 59.0 Å². The minimum atomic E-state index is -0.295. The zero-order chi connectivity index (χ0) is 29.5. The molecule has 3 aromatic rings. The standard InChI is InChI=1S/3C11H13FO/c1-8(2)11(13)7-9-3-5-10(12)6-4-9;1-8(2)11(13)7-9-4-3-5-10(12)6-9;1-8(2)11(13)7-9-5-3-4-6-10(9)12/h3*3-6,8H,7H2,1-2H3. The molecule has 0 spiro atoms. The van der Waals surface area contributed by atoms with Crippen LogP contribution in [-0.4, -0.2) is 17.3 Å². The summed E-state index contributed by atoms with van der Waals surface area (Å²) < 4.78 is 38.3. The number of rotatable bonds is 9. The molecule has 0 aromatic heterocycles. The highest BCUT2D eigenvalue weighted by molar-refractivity contribution is 5.83. The van der Waals surface area contributed by atoms with Gasteiger partial charge in [-0.2, -0.15) is 0 Å². The average Bonchev–Trinajstić information content (AvgIpc) is 2.87. The lowest BCUT2D eigenvalue weighted by molar-refractivity contribution is -0.122. The Kier molecular flexibility index (Phi) is 14.7. The van der Waals surface area contributed by atoms with E-state index in [4.69, 9.17) is 0 Å². The molecule has 210 valence electrons. The zero-order valence-corrected chi connectivity index (χ0v) is 23.6. The van der Waals surface area contributed by atoms with Gasteiger partial charge < -0.3 is 0 Å². The van der Waals surface area contributed by atoms with Gasteiger partial charge in [-0.1, -0.05) is 84.0 Å². The Balaban J connectivity index is 0.000000292. The van der Waals surface area contributed by atoms with Crippen LogP contribution in [0.2, 0.25) is 0 Å². The van der Waals surface area contributed by atoms with Crippen molar-refractivity contribution < 1.29 is 27.6 Å². The van der Waals surface area contributed by atoms with Crippen LogP contribution in [0.15, 0.2) is 72.8 Å². The summed E-state index contributed by atoms with van der Waals surface area (Å²) in [7, 11) is 0. The second-order valence-electron chi connectivity index (χ2n) is 10.2. The third kappa shape index (κ3) is 13.7. The Labute approximate surface area is 230 Å². The second kappa shape index (κ2) is 17.1. The maximum atomic E-state index is 13.1. The normalized spacial score (nSPS) is 10.5. The summed E-state index contributed by atoms with van der Waals surface area (Å²) in [5.74, 6) is -0.401. The van der Waals surface area contributed by atoms with E-state index in [1.165, 1.54) is 30.3 Å². The summed E-state index contributed by atoms with van der Waals surface area (Å²) >= 11 is 0. The zero-order valence-electron chi connectivity index (χ0n) is 23.6. The fourth-order valence-electron chi connectivity index (χ4n) is 3.09. The van der Waals surface area contributed by atoms with Crippen molar-refractivity contribution in [1.82, 2.24) is 0 Å². The molecule has 0 atom stereocenters. The molecule has 0 aliphatic heterocycles. The highest BCUT2D eigenvalue weighted by atomic mass is 19.1. The highest BCUT2D eigenvalue weighted by Crippen LogP contribution is 2.10. The summed E-state index contributed by atoms with van der Waals surface area (Å²) in [6.45, 7) is 11.1. The van der Waals surface area contributed by atoms with E-state index in [1.807, 2.05) is 41.5 Å². The first-order valence-corrected chi connectivity index (χ1v) is 13.1. The Morgan fingerprint density at radius 2 is 1.03 bits per heavy atom. The van der Waals surface area contributed by atoms with Gasteiger partial charge in [0.1, 0.15) is 34.8 Å². The molecule has 0 heterocycles. The van der Waals surface area contributed by atoms with E-state index < -0.39 is 0 Å². The summed E-state index contributed by atoms with van der Waals surface area (Å²) in [4.78, 5) is 33.9. The fourth-order valence-corrected chi connectivity index (χ4v) is 3.09. The van der Waals surface area contributed by atoms with Gasteiger partial charge in [0.05, 0.1) is 0 Å². The van der Waals surface area contributed by atoms with Crippen LogP contribution in [0.5, 0.6) is 0 Å². The van der Waals surface area contributed by atoms with Crippen molar-refractivity contribution in [2.75, 3.05) is 0 Å². The molecular formula is C33H39F3O3. The average molecular weight is 541 g/mol. The third-order valence-corrected chi connectivity index (χ3v) is 5.81. The molecule has 0 saturated heterocycles. The lowest BCUT2D eigenvalue weighted by Crippen LogP contribution is -2.11. The molecule has 3 rings (SSSR count). The van der Waals surface area contributed by atoms with Gasteiger partial charge in [-0.05, 0) is 47.0 Å². The molecular weight excluding hydrogens is 501 g/mol. The van der Waals surface area contributed by atoms with Crippen molar-refractivity contribution in [2.45, 2.75) is 60.8 Å². The minimum absolute atomic E-state index is 0.0169. The molecule has 0 aliphatic carbocycles. The van der Waals surface area contributed by atoms with Crippen molar-refractivity contribution >= 4 is 17.3 Å². The van der Waals surface area contributed by atoms with Crippen molar-refractivity contribution in [1.29, 1.82) is 0 Å². The molecule has 0 unspecified atom stereocenters. The maximum absolute atomic E-state index is 13.1. The lowest BCUT2D eigenvalue weighted by Gasteiger charge is -2.04. The molecule has 0 radical (unpaired) electrons. The van der Waals surface area contributed by atoms with Crippen molar-refractivity contribution in [2.24, 2.45) is 17.8 Å². The van der Waals surface area contributed by atoms with E-state index in [9.17, 15) is 27.6 Å². The van der Waals surface area contributed by atoms with Gasteiger partial charge in [0.25, 0.3) is 0 Å². The Morgan fingerprint density at radius 3 is 1.51 bits per heavy atom. The predicted octanol–water partition coefficient (Wildman–Crippen LogP) is 7.78. The Morgan fingerprint density at radius 1 is 0.538 bits per heavy atom. The van der Waals surface area contributed by atoms with Gasteiger partial charge in [0.15, 0.2) is 0 Å². The topological polar surface area (TPSA) is 51.2 Å². The van der Waals surface area contributed by atoms with Gasteiger partial charge in [-0.3, -0.25) is 14.4 Å². The molecule has 6 heteroatoms. The van der Waals surface area contributed by atoms with Gasteiger partial charge in [-0.15, -0.1) is 0 Å². The monoisotopic (exact) mass is 540 g/mol. The SMILES string of the molecule is CC(C)C(=O)Cc1ccc(F)cc1.CC(C)C(=O)Cc1cccc(F)c1.CC(C)C(=O)Cc1ccccc1F. The van der Waals surface area contributed by atoms with Crippen LogP contribution in [0.3, 0.4) is 0 Å². The van der Waals surface area contributed by atoms with Gasteiger partial charge in [0, 0.05) is 37.0 Å². The number of carbonyl (C=O) groups is 3. The van der Waals surface area contributed by atoms with Crippen molar-refractivity contribution in [3.63, 3.8) is 0 Å². The number of benzene rings is 3. The Bertz CT molecular complexity index is 1200. The summed E-state index contributed by atoms with van der Waals surface area (Å²) in [6.07, 6.45) is 0.928. The molecule has 3 aromatic carbocycles. The molecule has 0 bridgehead atoms. The van der Waals surface area contributed by atoms with Gasteiger partial charge >= 0.3 is 0 Å². The number of hydrogen-bond donors (Lipinski definition) is 0. The smallest absolute Gasteiger partial charge is 0.139 e. The first-order chi connectivity index (χ1) is 18.3. The number of Topliss-reactive ketones (excluding diaryl/α,β-unsaturated/α-hetero) is 3. The molecule has 39 heavy (non-hydrogen) atoms. The molecule has 0 fully saturated rings. The minimum Gasteiger partial charge on any atom is -0.299 e. The van der Waals surface area contributed by atoms with E-state index >= 15 is 0 Å². The quantitative estimate of drug-likeness (QED) is 0.278. The van der Waals surface area contributed by atoms with Crippen LogP contribution in [0, 0.1) is 35.2 Å². The summed E-state index contributed by atoms with van der Waals surface area (Å²) in [6, 6.07) is 18.6. The highest BCUT2D eigenvalue weighted by Gasteiger charge is 2.11. The largest absolute Gasteiger partial charge is 0.299 e. The van der Waals surface area contributed by atoms with Crippen LogP contribution in [0.25, 0.3) is 0 Å². The molecule has 3 nitrogen and oxygen atoms in total. The molecule has 0 amide bonds. The molecule has 0 N–H and O–H groups in total. The maximum Gasteiger partial charge on any atom is 0.139 e. The first kappa shape index (κ1) is 33.5. The first-order valence-electron chi connectivity index (χ1n) is 13.1. The van der Waals surface area contributed by atoms with Crippen molar-refractivity contribution in [3.8, 4) is 0 Å². The van der Waals surface area contributed by atoms with Crippen molar-refractivity contribution in [3.05, 3.63) is 107 Å². The van der Waals surface area contributed by atoms with E-state index in [1.54, 1.807) is 42.5 Å². The predicted molar refractivity (Wildman–Crippen MR) is 150 cm³/mol. The number of halogens is 3.